The molecule has 1 N–H and O–H groups in total. The van der Waals surface area contributed by atoms with Crippen molar-refractivity contribution in [3.63, 3.8) is 0 Å². The van der Waals surface area contributed by atoms with Gasteiger partial charge in [-0.2, -0.15) is 0 Å². The Morgan fingerprint density at radius 3 is 2.61 bits per heavy atom. The van der Waals surface area contributed by atoms with E-state index in [1.54, 1.807) is 4.90 Å². The van der Waals surface area contributed by atoms with E-state index in [0.29, 0.717) is 12.8 Å². The molecule has 0 spiro atoms. The van der Waals surface area contributed by atoms with Crippen molar-refractivity contribution in [1.29, 1.82) is 0 Å². The molecule has 1 atom stereocenters. The van der Waals surface area contributed by atoms with Crippen LogP contribution in [0.4, 0.5) is 5.69 Å². The molecule has 1 aliphatic carbocycles. The number of carbonyl (C=O) groups is 2. The summed E-state index contributed by atoms with van der Waals surface area (Å²) in [7, 11) is 0. The third kappa shape index (κ3) is 2.87. The highest BCUT2D eigenvalue weighted by Crippen LogP contribution is 2.37. The van der Waals surface area contributed by atoms with Crippen LogP contribution in [0.1, 0.15) is 56.6 Å². The largest absolute Gasteiger partial charge is 0.351 e. The summed E-state index contributed by atoms with van der Waals surface area (Å²) in [4.78, 5) is 27.2. The summed E-state index contributed by atoms with van der Waals surface area (Å²) in [5.74, 6) is 0.0382. The van der Waals surface area contributed by atoms with Crippen LogP contribution in [0, 0.1) is 13.8 Å². The maximum atomic E-state index is 12.9. The zero-order chi connectivity index (χ0) is 16.6. The van der Waals surface area contributed by atoms with Crippen molar-refractivity contribution in [2.45, 2.75) is 70.9 Å². The first-order valence-electron chi connectivity index (χ1n) is 8.63. The normalized spacial score (nSPS) is 25.2. The number of hydrogen-bond acceptors (Lipinski definition) is 2. The van der Waals surface area contributed by atoms with E-state index in [-0.39, 0.29) is 17.9 Å². The van der Waals surface area contributed by atoms with Gasteiger partial charge in [-0.3, -0.25) is 14.5 Å². The van der Waals surface area contributed by atoms with Gasteiger partial charge in [-0.15, -0.1) is 0 Å². The molecule has 1 heterocycles. The van der Waals surface area contributed by atoms with E-state index >= 15 is 0 Å². The summed E-state index contributed by atoms with van der Waals surface area (Å²) in [5.41, 5.74) is 2.29. The van der Waals surface area contributed by atoms with Crippen LogP contribution in [0.3, 0.4) is 0 Å². The van der Waals surface area contributed by atoms with Gasteiger partial charge in [0, 0.05) is 18.2 Å². The number of nitrogens with zero attached hydrogens (tertiary/aromatic N) is 1. The van der Waals surface area contributed by atoms with Gasteiger partial charge < -0.3 is 5.32 Å². The van der Waals surface area contributed by atoms with Crippen molar-refractivity contribution < 1.29 is 9.59 Å². The zero-order valence-electron chi connectivity index (χ0n) is 14.3. The fraction of sp³-hybridized carbons (Fsp3) is 0.579. The summed E-state index contributed by atoms with van der Waals surface area (Å²) in [6.45, 7) is 5.94. The number of nitrogens with one attached hydrogen (secondary N) is 1. The van der Waals surface area contributed by atoms with Crippen LogP contribution in [-0.4, -0.2) is 23.4 Å². The monoisotopic (exact) mass is 314 g/mol. The lowest BCUT2D eigenvalue weighted by Crippen LogP contribution is -2.56. The molecular weight excluding hydrogens is 288 g/mol. The first-order valence-corrected chi connectivity index (χ1v) is 8.63. The molecule has 4 heteroatoms. The second kappa shape index (κ2) is 5.99. The highest BCUT2D eigenvalue weighted by molar-refractivity contribution is 6.07. The minimum Gasteiger partial charge on any atom is -0.351 e. The molecule has 1 aliphatic heterocycles. The van der Waals surface area contributed by atoms with E-state index in [4.69, 9.17) is 0 Å². The first kappa shape index (κ1) is 16.0. The van der Waals surface area contributed by atoms with Gasteiger partial charge in [0.05, 0.1) is 0 Å². The molecule has 4 nitrogen and oxygen atoms in total. The van der Waals surface area contributed by atoms with Gasteiger partial charge in [-0.1, -0.05) is 30.5 Å². The Hall–Kier alpha value is -1.84. The summed E-state index contributed by atoms with van der Waals surface area (Å²) in [6.07, 6.45) is 5.49. The van der Waals surface area contributed by atoms with Gasteiger partial charge in [0.1, 0.15) is 5.54 Å². The SMILES string of the molecule is Cc1ccc(N2C(=O)CCC2(C)C(=O)NC2CCCC2)c(C)c1. The van der Waals surface area contributed by atoms with E-state index < -0.39 is 5.54 Å². The number of hydrogen-bond donors (Lipinski definition) is 1. The van der Waals surface area contributed by atoms with Gasteiger partial charge in [-0.25, -0.2) is 0 Å². The van der Waals surface area contributed by atoms with Crippen LogP contribution in [-0.2, 0) is 9.59 Å². The third-order valence-corrected chi connectivity index (χ3v) is 5.34. The average Bonchev–Trinajstić information content (AvgIpc) is 3.10. The number of carbonyl (C=O) groups excluding carboxylic acids is 2. The van der Waals surface area contributed by atoms with Crippen LogP contribution in [0.15, 0.2) is 18.2 Å². The predicted molar refractivity (Wildman–Crippen MR) is 91.4 cm³/mol. The van der Waals surface area contributed by atoms with Crippen molar-refractivity contribution in [3.8, 4) is 0 Å². The van der Waals surface area contributed by atoms with Crippen molar-refractivity contribution in [1.82, 2.24) is 5.32 Å². The second-order valence-corrected chi connectivity index (χ2v) is 7.25. The highest BCUT2D eigenvalue weighted by Gasteiger charge is 2.48. The van der Waals surface area contributed by atoms with Crippen molar-refractivity contribution in [3.05, 3.63) is 29.3 Å². The van der Waals surface area contributed by atoms with E-state index in [1.165, 1.54) is 12.8 Å². The molecule has 2 aliphatic rings. The maximum absolute atomic E-state index is 12.9. The molecule has 0 bridgehead atoms. The quantitative estimate of drug-likeness (QED) is 0.931. The number of rotatable bonds is 3. The predicted octanol–water partition coefficient (Wildman–Crippen LogP) is 3.25. The Kier molecular flexibility index (Phi) is 4.17. The van der Waals surface area contributed by atoms with Gasteiger partial charge in [0.25, 0.3) is 0 Å². The van der Waals surface area contributed by atoms with Gasteiger partial charge in [0.2, 0.25) is 11.8 Å². The molecule has 2 amide bonds. The summed E-state index contributed by atoms with van der Waals surface area (Å²) >= 11 is 0. The lowest BCUT2D eigenvalue weighted by molar-refractivity contribution is -0.127. The molecule has 1 unspecified atom stereocenters. The number of aryl methyl sites for hydroxylation is 2. The van der Waals surface area contributed by atoms with E-state index in [1.807, 2.05) is 32.9 Å². The topological polar surface area (TPSA) is 49.4 Å². The van der Waals surface area contributed by atoms with Crippen molar-refractivity contribution >= 4 is 17.5 Å². The van der Waals surface area contributed by atoms with E-state index in [0.717, 1.165) is 29.7 Å². The second-order valence-electron chi connectivity index (χ2n) is 7.25. The lowest BCUT2D eigenvalue weighted by Gasteiger charge is -2.35. The smallest absolute Gasteiger partial charge is 0.246 e. The number of amides is 2. The molecule has 3 rings (SSSR count). The van der Waals surface area contributed by atoms with Crippen LogP contribution in [0.2, 0.25) is 0 Å². The van der Waals surface area contributed by atoms with Crippen molar-refractivity contribution in [2.75, 3.05) is 4.90 Å². The van der Waals surface area contributed by atoms with Gasteiger partial charge in [0.15, 0.2) is 0 Å². The first-order chi connectivity index (χ1) is 10.9. The van der Waals surface area contributed by atoms with Crippen LogP contribution in [0.5, 0.6) is 0 Å². The Morgan fingerprint density at radius 1 is 1.26 bits per heavy atom. The van der Waals surface area contributed by atoms with E-state index in [2.05, 4.69) is 11.4 Å². The zero-order valence-corrected chi connectivity index (χ0v) is 14.3. The Labute approximate surface area is 138 Å². The Bertz CT molecular complexity index is 634. The summed E-state index contributed by atoms with van der Waals surface area (Å²) in [6, 6.07) is 6.31. The Morgan fingerprint density at radius 2 is 1.96 bits per heavy atom. The molecule has 2 fully saturated rings. The maximum Gasteiger partial charge on any atom is 0.246 e. The molecule has 1 aromatic rings. The van der Waals surface area contributed by atoms with E-state index in [9.17, 15) is 9.59 Å². The lowest BCUT2D eigenvalue weighted by atomic mass is 9.95. The molecule has 124 valence electrons. The molecule has 0 radical (unpaired) electrons. The molecule has 1 saturated carbocycles. The average molecular weight is 314 g/mol. The summed E-state index contributed by atoms with van der Waals surface area (Å²) < 4.78 is 0. The molecule has 1 aromatic carbocycles. The molecule has 1 saturated heterocycles. The molecule has 0 aromatic heterocycles. The van der Waals surface area contributed by atoms with Gasteiger partial charge >= 0.3 is 0 Å². The molecular formula is C19H26N2O2. The summed E-state index contributed by atoms with van der Waals surface area (Å²) in [5, 5.41) is 3.18. The Balaban J connectivity index is 1.89. The minimum absolute atomic E-state index is 0.00442. The van der Waals surface area contributed by atoms with Crippen molar-refractivity contribution in [2.24, 2.45) is 0 Å². The molecule has 23 heavy (non-hydrogen) atoms. The fourth-order valence-electron chi connectivity index (χ4n) is 3.93. The van der Waals surface area contributed by atoms with Crippen LogP contribution >= 0.6 is 0 Å². The van der Waals surface area contributed by atoms with Crippen LogP contribution < -0.4 is 10.2 Å². The van der Waals surface area contributed by atoms with Gasteiger partial charge in [-0.05, 0) is 51.7 Å². The number of anilines is 1. The highest BCUT2D eigenvalue weighted by atomic mass is 16.2. The fourth-order valence-corrected chi connectivity index (χ4v) is 3.93. The minimum atomic E-state index is -0.778. The van der Waals surface area contributed by atoms with Crippen LogP contribution in [0.25, 0.3) is 0 Å². The third-order valence-electron chi connectivity index (χ3n) is 5.34. The number of benzene rings is 1. The standard InChI is InChI=1S/C19H26N2O2/c1-13-8-9-16(14(2)12-13)21-17(22)10-11-19(21,3)18(23)20-15-6-4-5-7-15/h8-9,12,15H,4-7,10-11H2,1-3H3,(H,20,23).